The van der Waals surface area contributed by atoms with Gasteiger partial charge in [-0.15, -0.1) is 0 Å². The lowest BCUT2D eigenvalue weighted by molar-refractivity contribution is -0.137. The van der Waals surface area contributed by atoms with E-state index in [0.717, 1.165) is 12.1 Å². The van der Waals surface area contributed by atoms with Gasteiger partial charge in [-0.1, -0.05) is 19.1 Å². The summed E-state index contributed by atoms with van der Waals surface area (Å²) in [5.74, 6) is -0.758. The van der Waals surface area contributed by atoms with Crippen molar-refractivity contribution >= 4 is 21.6 Å². The molecule has 0 spiro atoms. The normalized spacial score (nSPS) is 18.2. The third-order valence-electron chi connectivity index (χ3n) is 7.04. The van der Waals surface area contributed by atoms with Crippen molar-refractivity contribution in [2.24, 2.45) is 0 Å². The standard InChI is InChI=1S/C27H28F5N5O5S/c1-2-43(40,41)26-34-11-19(12-35-26)22(14-38)36-24(39)17-5-8-23(33-10-17)37-13-18(9-21(37)15-42-25(28)29)16-3-6-20(7-4-16)27(30,31)32/h3-8,10-12,18,21-22,25,38H,2,9,13-15H2,1H3,(H,36,39)/t18-,21+,22+/m1/s1. The number of aromatic nitrogens is 3. The molecule has 1 aliphatic rings. The van der Waals surface area contributed by atoms with Crippen molar-refractivity contribution in [1.29, 1.82) is 0 Å². The molecule has 1 saturated heterocycles. The van der Waals surface area contributed by atoms with Crippen LogP contribution in [-0.4, -0.2) is 72.5 Å². The van der Waals surface area contributed by atoms with E-state index in [0.29, 0.717) is 17.8 Å². The molecule has 1 aromatic carbocycles. The summed E-state index contributed by atoms with van der Waals surface area (Å²) >= 11 is 0. The number of hydrogen-bond donors (Lipinski definition) is 2. The molecule has 0 bridgehead atoms. The van der Waals surface area contributed by atoms with E-state index in [2.05, 4.69) is 25.0 Å². The molecule has 16 heteroatoms. The van der Waals surface area contributed by atoms with Gasteiger partial charge in [-0.3, -0.25) is 4.79 Å². The fourth-order valence-corrected chi connectivity index (χ4v) is 5.37. The highest BCUT2D eigenvalue weighted by atomic mass is 32.2. The summed E-state index contributed by atoms with van der Waals surface area (Å²) in [5, 5.41) is 12.0. The van der Waals surface area contributed by atoms with E-state index in [9.17, 15) is 40.3 Å². The SMILES string of the molecule is CCS(=O)(=O)c1ncc([C@H](CO)NC(=O)c2ccc(N3C[C@H](c4ccc(C(F)(F)F)cc4)C[C@H]3COC(F)F)nc2)cn1. The van der Waals surface area contributed by atoms with Crippen LogP contribution < -0.4 is 10.2 Å². The molecule has 3 heterocycles. The molecule has 0 saturated carbocycles. The minimum atomic E-state index is -4.49. The summed E-state index contributed by atoms with van der Waals surface area (Å²) in [6.07, 6.45) is -0.525. The molecule has 1 aliphatic heterocycles. The van der Waals surface area contributed by atoms with Crippen molar-refractivity contribution in [1.82, 2.24) is 20.3 Å². The number of anilines is 1. The van der Waals surface area contributed by atoms with E-state index < -0.39 is 52.8 Å². The van der Waals surface area contributed by atoms with E-state index in [4.69, 9.17) is 0 Å². The molecule has 43 heavy (non-hydrogen) atoms. The number of aliphatic hydroxyl groups excluding tert-OH is 1. The number of carbonyl (C=O) groups excluding carboxylic acids is 1. The van der Waals surface area contributed by atoms with Crippen LogP contribution >= 0.6 is 0 Å². The summed E-state index contributed by atoms with van der Waals surface area (Å²) in [6.45, 7) is -2.19. The lowest BCUT2D eigenvalue weighted by Crippen LogP contribution is -2.34. The molecule has 4 rings (SSSR count). The van der Waals surface area contributed by atoms with Gasteiger partial charge in [-0.2, -0.15) is 22.0 Å². The van der Waals surface area contributed by atoms with Crippen molar-refractivity contribution in [3.63, 3.8) is 0 Å². The average Bonchev–Trinajstić information content (AvgIpc) is 3.43. The summed E-state index contributed by atoms with van der Waals surface area (Å²) in [5.41, 5.74) is 0.181. The zero-order chi connectivity index (χ0) is 31.4. The number of nitrogens with zero attached hydrogens (tertiary/aromatic N) is 4. The number of sulfone groups is 1. The quantitative estimate of drug-likeness (QED) is 0.240. The van der Waals surface area contributed by atoms with Gasteiger partial charge in [0.2, 0.25) is 15.0 Å². The number of nitrogens with one attached hydrogen (secondary N) is 1. The first-order chi connectivity index (χ1) is 20.3. The van der Waals surface area contributed by atoms with Crippen LogP contribution in [0.1, 0.15) is 52.4 Å². The largest absolute Gasteiger partial charge is 0.416 e. The second kappa shape index (κ2) is 13.3. The molecule has 1 amide bonds. The first-order valence-corrected chi connectivity index (χ1v) is 14.7. The van der Waals surface area contributed by atoms with Crippen molar-refractivity contribution in [2.75, 3.05) is 30.4 Å². The lowest BCUT2D eigenvalue weighted by atomic mass is 9.95. The minimum absolute atomic E-state index is 0.104. The third kappa shape index (κ3) is 7.80. The molecule has 2 aromatic heterocycles. The zero-order valence-electron chi connectivity index (χ0n) is 22.7. The zero-order valence-corrected chi connectivity index (χ0v) is 23.5. The number of alkyl halides is 5. The molecular weight excluding hydrogens is 601 g/mol. The number of amides is 1. The second-order valence-corrected chi connectivity index (χ2v) is 11.9. The van der Waals surface area contributed by atoms with Gasteiger partial charge >= 0.3 is 12.8 Å². The maximum absolute atomic E-state index is 13.0. The summed E-state index contributed by atoms with van der Waals surface area (Å²) in [7, 11) is -3.63. The van der Waals surface area contributed by atoms with Crippen LogP contribution in [-0.2, 0) is 20.8 Å². The van der Waals surface area contributed by atoms with Crippen LogP contribution in [0.15, 0.2) is 60.1 Å². The molecule has 0 unspecified atom stereocenters. The van der Waals surface area contributed by atoms with Crippen LogP contribution in [0.5, 0.6) is 0 Å². The van der Waals surface area contributed by atoms with Crippen molar-refractivity contribution < 1.29 is 45.0 Å². The van der Waals surface area contributed by atoms with Crippen molar-refractivity contribution in [3.8, 4) is 0 Å². The first kappa shape index (κ1) is 32.2. The molecule has 10 nitrogen and oxygen atoms in total. The van der Waals surface area contributed by atoms with Gasteiger partial charge in [0.05, 0.1) is 42.2 Å². The van der Waals surface area contributed by atoms with Crippen LogP contribution in [0.3, 0.4) is 0 Å². The third-order valence-corrected chi connectivity index (χ3v) is 8.57. The van der Waals surface area contributed by atoms with Gasteiger partial charge < -0.3 is 20.1 Å². The number of carbonyl (C=O) groups is 1. The molecule has 2 N–H and O–H groups in total. The Morgan fingerprint density at radius 2 is 1.77 bits per heavy atom. The highest BCUT2D eigenvalue weighted by molar-refractivity contribution is 7.91. The van der Waals surface area contributed by atoms with Gasteiger partial charge in [-0.25, -0.2) is 23.4 Å². The van der Waals surface area contributed by atoms with Gasteiger partial charge in [0, 0.05) is 36.6 Å². The van der Waals surface area contributed by atoms with Crippen LogP contribution in [0.2, 0.25) is 0 Å². The number of rotatable bonds is 11. The Kier molecular flexibility index (Phi) is 9.92. The number of halogens is 5. The number of benzene rings is 1. The molecule has 0 radical (unpaired) electrons. The van der Waals surface area contributed by atoms with Gasteiger partial charge in [0.25, 0.3) is 5.91 Å². The van der Waals surface area contributed by atoms with E-state index in [1.54, 1.807) is 4.90 Å². The topological polar surface area (TPSA) is 135 Å². The summed E-state index contributed by atoms with van der Waals surface area (Å²) < 4.78 is 93.0. The maximum atomic E-state index is 13.0. The highest BCUT2D eigenvalue weighted by Gasteiger charge is 2.36. The maximum Gasteiger partial charge on any atom is 0.416 e. The van der Waals surface area contributed by atoms with Gasteiger partial charge in [0.15, 0.2) is 0 Å². The Bertz CT molecular complexity index is 1490. The Morgan fingerprint density at radius 1 is 1.09 bits per heavy atom. The highest BCUT2D eigenvalue weighted by Crippen LogP contribution is 2.36. The minimum Gasteiger partial charge on any atom is -0.394 e. The number of pyridine rings is 1. The van der Waals surface area contributed by atoms with Crippen molar-refractivity contribution in [3.05, 3.63) is 77.2 Å². The van der Waals surface area contributed by atoms with Crippen LogP contribution in [0.4, 0.5) is 27.8 Å². The Morgan fingerprint density at radius 3 is 2.30 bits per heavy atom. The van der Waals surface area contributed by atoms with E-state index in [1.807, 2.05) is 0 Å². The molecule has 232 valence electrons. The molecule has 1 fully saturated rings. The molecular formula is C27H28F5N5O5S. The Balaban J connectivity index is 1.47. The van der Waals surface area contributed by atoms with Crippen LogP contribution in [0.25, 0.3) is 0 Å². The van der Waals surface area contributed by atoms with Crippen LogP contribution in [0, 0.1) is 0 Å². The second-order valence-electron chi connectivity index (χ2n) is 9.77. The lowest BCUT2D eigenvalue weighted by Gasteiger charge is -2.25. The monoisotopic (exact) mass is 629 g/mol. The predicted octanol–water partition coefficient (Wildman–Crippen LogP) is 3.75. The molecule has 3 atom stereocenters. The van der Waals surface area contributed by atoms with E-state index in [1.165, 1.54) is 49.8 Å². The Labute approximate surface area is 243 Å². The molecule has 0 aliphatic carbocycles. The molecule has 3 aromatic rings. The van der Waals surface area contributed by atoms with Gasteiger partial charge in [-0.05, 0) is 36.2 Å². The summed E-state index contributed by atoms with van der Waals surface area (Å²) in [4.78, 5) is 26.5. The van der Waals surface area contributed by atoms with Crippen molar-refractivity contribution in [2.45, 2.75) is 49.3 Å². The van der Waals surface area contributed by atoms with E-state index in [-0.39, 0.29) is 41.1 Å². The first-order valence-electron chi connectivity index (χ1n) is 13.1. The average molecular weight is 630 g/mol. The summed E-state index contributed by atoms with van der Waals surface area (Å²) in [6, 6.07) is 6.10. The van der Waals surface area contributed by atoms with Gasteiger partial charge in [0.1, 0.15) is 5.82 Å². The predicted molar refractivity (Wildman–Crippen MR) is 143 cm³/mol. The number of aliphatic hydroxyl groups is 1. The number of ether oxygens (including phenoxy) is 1. The number of hydrogen-bond acceptors (Lipinski definition) is 9. The van der Waals surface area contributed by atoms with E-state index >= 15 is 0 Å². The fourth-order valence-electron chi connectivity index (χ4n) is 4.69. The Hall–Kier alpha value is -3.76. The fraction of sp³-hybridized carbons (Fsp3) is 0.407. The smallest absolute Gasteiger partial charge is 0.394 e.